The predicted molar refractivity (Wildman–Crippen MR) is 91.7 cm³/mol. The van der Waals surface area contributed by atoms with Crippen molar-refractivity contribution in [2.45, 2.75) is 38.6 Å². The number of aromatic nitrogens is 1. The van der Waals surface area contributed by atoms with Crippen molar-refractivity contribution in [1.82, 2.24) is 10.1 Å². The first-order chi connectivity index (χ1) is 12.0. The summed E-state index contributed by atoms with van der Waals surface area (Å²) in [6, 6.07) is 4.70. The van der Waals surface area contributed by atoms with Crippen molar-refractivity contribution in [3.63, 3.8) is 0 Å². The molecule has 1 amide bonds. The number of carbonyl (C=O) groups is 1. The number of piperidine rings is 1. The van der Waals surface area contributed by atoms with E-state index in [0.29, 0.717) is 18.1 Å². The van der Waals surface area contributed by atoms with E-state index in [1.54, 1.807) is 6.07 Å². The highest BCUT2D eigenvalue weighted by Gasteiger charge is 2.30. The van der Waals surface area contributed by atoms with Crippen molar-refractivity contribution in [2.75, 3.05) is 19.7 Å². The van der Waals surface area contributed by atoms with Crippen LogP contribution >= 0.6 is 0 Å². The van der Waals surface area contributed by atoms with Crippen molar-refractivity contribution in [2.24, 2.45) is 11.7 Å². The summed E-state index contributed by atoms with van der Waals surface area (Å²) in [6.07, 6.45) is 1.12. The van der Waals surface area contributed by atoms with Gasteiger partial charge in [-0.05, 0) is 44.0 Å². The van der Waals surface area contributed by atoms with E-state index in [1.165, 1.54) is 12.1 Å². The lowest BCUT2D eigenvalue weighted by molar-refractivity contribution is 0.0565. The van der Waals surface area contributed by atoms with Crippen LogP contribution in [0, 0.1) is 11.7 Å². The van der Waals surface area contributed by atoms with Gasteiger partial charge in [0.1, 0.15) is 12.4 Å². The highest BCUT2D eigenvalue weighted by molar-refractivity contribution is 5.79. The van der Waals surface area contributed by atoms with Crippen LogP contribution in [0.4, 0.5) is 9.18 Å². The summed E-state index contributed by atoms with van der Waals surface area (Å²) in [4.78, 5) is 13.2. The van der Waals surface area contributed by atoms with Crippen LogP contribution < -0.4 is 5.73 Å². The van der Waals surface area contributed by atoms with E-state index in [4.69, 9.17) is 15.0 Å². The summed E-state index contributed by atoms with van der Waals surface area (Å²) in [5.74, 6) is 0.318. The van der Waals surface area contributed by atoms with Gasteiger partial charge in [0, 0.05) is 23.4 Å². The van der Waals surface area contributed by atoms with Gasteiger partial charge in [-0.15, -0.1) is 0 Å². The lowest BCUT2D eigenvalue weighted by Gasteiger charge is -2.38. The molecular weight excluding hydrogens is 325 g/mol. The molecule has 1 saturated heterocycles. The Balaban J connectivity index is 1.66. The lowest BCUT2D eigenvalue weighted by atomic mass is 9.89. The number of nitrogens with zero attached hydrogens (tertiary/aromatic N) is 2. The SMILES string of the molecule is CC(C)C(COC(N)=O)N1CCC(c2noc3cc(F)ccc23)CC1. The van der Waals surface area contributed by atoms with Gasteiger partial charge in [-0.3, -0.25) is 4.90 Å². The molecule has 25 heavy (non-hydrogen) atoms. The molecule has 1 fully saturated rings. The molecule has 0 bridgehead atoms. The average Bonchev–Trinajstić information content (AvgIpc) is 2.98. The third-order valence-corrected chi connectivity index (χ3v) is 5.01. The fourth-order valence-corrected chi connectivity index (χ4v) is 3.62. The number of fused-ring (bicyclic) bond motifs is 1. The van der Waals surface area contributed by atoms with Gasteiger partial charge in [-0.2, -0.15) is 0 Å². The second-order valence-corrected chi connectivity index (χ2v) is 6.96. The van der Waals surface area contributed by atoms with E-state index in [-0.39, 0.29) is 17.8 Å². The number of nitrogens with two attached hydrogens (primary N) is 1. The van der Waals surface area contributed by atoms with Crippen LogP contribution in [-0.4, -0.2) is 41.9 Å². The van der Waals surface area contributed by atoms with Gasteiger partial charge >= 0.3 is 6.09 Å². The molecular formula is C18H24FN3O3. The number of primary amides is 1. The number of likely N-dealkylation sites (tertiary alicyclic amines) is 1. The van der Waals surface area contributed by atoms with Gasteiger partial charge in [-0.1, -0.05) is 19.0 Å². The van der Waals surface area contributed by atoms with E-state index in [1.807, 2.05) is 0 Å². The van der Waals surface area contributed by atoms with Crippen molar-refractivity contribution in [3.8, 4) is 0 Å². The number of amides is 1. The quantitative estimate of drug-likeness (QED) is 0.896. The highest BCUT2D eigenvalue weighted by atomic mass is 19.1. The van der Waals surface area contributed by atoms with Gasteiger partial charge < -0.3 is 15.0 Å². The minimum Gasteiger partial charge on any atom is -0.448 e. The van der Waals surface area contributed by atoms with Crippen LogP contribution in [0.2, 0.25) is 0 Å². The van der Waals surface area contributed by atoms with Crippen molar-refractivity contribution < 1.29 is 18.4 Å². The lowest BCUT2D eigenvalue weighted by Crippen LogP contribution is -2.46. The zero-order valence-electron chi connectivity index (χ0n) is 14.6. The number of rotatable bonds is 5. The Kier molecular flexibility index (Phi) is 5.22. The van der Waals surface area contributed by atoms with Crippen LogP contribution in [0.15, 0.2) is 22.7 Å². The highest BCUT2D eigenvalue weighted by Crippen LogP contribution is 2.33. The Morgan fingerprint density at radius 3 is 2.80 bits per heavy atom. The standard InChI is InChI=1S/C18H24FN3O3/c1-11(2)15(10-24-18(20)23)22-7-5-12(6-8-22)17-14-4-3-13(19)9-16(14)25-21-17/h3-4,9,11-12,15H,5-8,10H2,1-2H3,(H2,20,23). The van der Waals surface area contributed by atoms with Crippen molar-refractivity contribution in [1.29, 1.82) is 0 Å². The Labute approximate surface area is 146 Å². The fraction of sp³-hybridized carbons (Fsp3) is 0.556. The molecule has 6 nitrogen and oxygen atoms in total. The minimum atomic E-state index is -0.734. The minimum absolute atomic E-state index is 0.150. The first-order valence-electron chi connectivity index (χ1n) is 8.67. The average molecular weight is 349 g/mol. The number of benzene rings is 1. The zero-order chi connectivity index (χ0) is 18.0. The van der Waals surface area contributed by atoms with E-state index >= 15 is 0 Å². The second kappa shape index (κ2) is 7.39. The third kappa shape index (κ3) is 3.92. The molecule has 3 rings (SSSR count). The molecule has 1 aliphatic heterocycles. The molecule has 2 aromatic rings. The normalized spacial score (nSPS) is 17.9. The molecule has 0 saturated carbocycles. The molecule has 1 aliphatic rings. The topological polar surface area (TPSA) is 81.6 Å². The van der Waals surface area contributed by atoms with Gasteiger partial charge in [0.15, 0.2) is 5.58 Å². The third-order valence-electron chi connectivity index (χ3n) is 5.01. The number of hydrogen-bond acceptors (Lipinski definition) is 5. The summed E-state index contributed by atoms with van der Waals surface area (Å²) >= 11 is 0. The first-order valence-corrected chi connectivity index (χ1v) is 8.67. The Morgan fingerprint density at radius 1 is 1.44 bits per heavy atom. The summed E-state index contributed by atoms with van der Waals surface area (Å²) in [7, 11) is 0. The number of halogens is 1. The molecule has 1 unspecified atom stereocenters. The van der Waals surface area contributed by atoms with Gasteiger partial charge in [0.25, 0.3) is 0 Å². The van der Waals surface area contributed by atoms with Gasteiger partial charge in [0.2, 0.25) is 0 Å². The van der Waals surface area contributed by atoms with E-state index in [2.05, 4.69) is 23.9 Å². The largest absolute Gasteiger partial charge is 0.448 e. The maximum Gasteiger partial charge on any atom is 0.404 e. The molecule has 0 spiro atoms. The maximum absolute atomic E-state index is 13.3. The van der Waals surface area contributed by atoms with E-state index in [0.717, 1.165) is 37.0 Å². The summed E-state index contributed by atoms with van der Waals surface area (Å²) in [5.41, 5.74) is 6.49. The Morgan fingerprint density at radius 2 is 2.16 bits per heavy atom. The van der Waals surface area contributed by atoms with E-state index in [9.17, 15) is 9.18 Å². The number of hydrogen-bond donors (Lipinski definition) is 1. The Bertz CT molecular complexity index is 738. The van der Waals surface area contributed by atoms with Crippen LogP contribution in [0.5, 0.6) is 0 Å². The Hall–Kier alpha value is -2.15. The molecule has 0 aliphatic carbocycles. The van der Waals surface area contributed by atoms with Crippen molar-refractivity contribution in [3.05, 3.63) is 29.7 Å². The summed E-state index contributed by atoms with van der Waals surface area (Å²) in [6.45, 7) is 6.29. The smallest absolute Gasteiger partial charge is 0.404 e. The van der Waals surface area contributed by atoms with Gasteiger partial charge in [-0.25, -0.2) is 9.18 Å². The first kappa shape index (κ1) is 17.7. The van der Waals surface area contributed by atoms with Crippen LogP contribution in [-0.2, 0) is 4.74 Å². The zero-order valence-corrected chi connectivity index (χ0v) is 14.6. The maximum atomic E-state index is 13.3. The molecule has 1 aromatic carbocycles. The molecule has 0 radical (unpaired) electrons. The van der Waals surface area contributed by atoms with Crippen LogP contribution in [0.25, 0.3) is 11.0 Å². The van der Waals surface area contributed by atoms with Crippen LogP contribution in [0.3, 0.4) is 0 Å². The molecule has 7 heteroatoms. The molecule has 1 atom stereocenters. The number of ether oxygens (including phenoxy) is 1. The summed E-state index contributed by atoms with van der Waals surface area (Å²) in [5, 5.41) is 5.06. The van der Waals surface area contributed by atoms with Crippen LogP contribution in [0.1, 0.15) is 38.3 Å². The molecule has 2 N–H and O–H groups in total. The predicted octanol–water partition coefficient (Wildman–Crippen LogP) is 3.27. The van der Waals surface area contributed by atoms with Crippen molar-refractivity contribution >= 4 is 17.1 Å². The van der Waals surface area contributed by atoms with Gasteiger partial charge in [0.05, 0.1) is 5.69 Å². The fourth-order valence-electron chi connectivity index (χ4n) is 3.62. The van der Waals surface area contributed by atoms with E-state index < -0.39 is 6.09 Å². The molecule has 136 valence electrons. The monoisotopic (exact) mass is 349 g/mol. The molecule has 1 aromatic heterocycles. The number of carbonyl (C=O) groups excluding carboxylic acids is 1. The second-order valence-electron chi connectivity index (χ2n) is 6.96. The summed E-state index contributed by atoms with van der Waals surface area (Å²) < 4.78 is 23.6. The molecule has 2 heterocycles.